The van der Waals surface area contributed by atoms with Gasteiger partial charge in [0, 0.05) is 46.0 Å². The van der Waals surface area contributed by atoms with Crippen molar-refractivity contribution in [2.45, 2.75) is 12.8 Å². The lowest BCUT2D eigenvalue weighted by Crippen LogP contribution is -2.13. The van der Waals surface area contributed by atoms with Crippen molar-refractivity contribution in [2.24, 2.45) is 0 Å². The summed E-state index contributed by atoms with van der Waals surface area (Å²) in [5.74, 6) is -0.271. The van der Waals surface area contributed by atoms with E-state index in [1.165, 1.54) is 17.7 Å². The van der Waals surface area contributed by atoms with E-state index in [1.54, 1.807) is 18.3 Å². The molecule has 0 spiro atoms. The summed E-state index contributed by atoms with van der Waals surface area (Å²) in [7, 11) is 4.17. The lowest BCUT2D eigenvalue weighted by molar-refractivity contribution is 0.400. The van der Waals surface area contributed by atoms with Gasteiger partial charge in [-0.2, -0.15) is 5.10 Å². The number of halogens is 1. The van der Waals surface area contributed by atoms with Crippen LogP contribution >= 0.6 is 0 Å². The second kappa shape index (κ2) is 9.55. The van der Waals surface area contributed by atoms with Crippen molar-refractivity contribution >= 4 is 21.8 Å². The van der Waals surface area contributed by atoms with Gasteiger partial charge in [-0.25, -0.2) is 4.39 Å². The first-order chi connectivity index (χ1) is 18.0. The summed E-state index contributed by atoms with van der Waals surface area (Å²) in [6.07, 6.45) is 9.40. The first-order valence-corrected chi connectivity index (χ1v) is 12.2. The number of aryl methyl sites for hydroxylation is 1. The minimum Gasteiger partial charge on any atom is -0.353 e. The van der Waals surface area contributed by atoms with Crippen molar-refractivity contribution in [3.05, 3.63) is 84.7 Å². The number of fused-ring (bicyclic) bond motifs is 2. The van der Waals surface area contributed by atoms with Crippen LogP contribution in [-0.2, 0) is 6.42 Å². The fourth-order valence-corrected chi connectivity index (χ4v) is 4.66. The maximum atomic E-state index is 13.5. The first-order valence-electron chi connectivity index (χ1n) is 12.2. The molecule has 7 nitrogen and oxygen atoms in total. The Morgan fingerprint density at radius 2 is 1.68 bits per heavy atom. The number of hydrogen-bond acceptors (Lipinski definition) is 5. The molecule has 1 aromatic carbocycles. The van der Waals surface area contributed by atoms with Gasteiger partial charge < -0.3 is 9.88 Å². The molecule has 0 saturated heterocycles. The highest BCUT2D eigenvalue weighted by Gasteiger charge is 2.15. The van der Waals surface area contributed by atoms with E-state index >= 15 is 0 Å². The smallest absolute Gasteiger partial charge is 0.123 e. The van der Waals surface area contributed by atoms with E-state index in [4.69, 9.17) is 0 Å². The topological polar surface area (TPSA) is 86.4 Å². The molecular formula is C29H26FN7. The van der Waals surface area contributed by atoms with E-state index in [0.29, 0.717) is 0 Å². The zero-order chi connectivity index (χ0) is 25.4. The van der Waals surface area contributed by atoms with Crippen LogP contribution in [0.4, 0.5) is 4.39 Å². The molecule has 5 aromatic heterocycles. The fourth-order valence-electron chi connectivity index (χ4n) is 4.66. The Morgan fingerprint density at radius 3 is 2.51 bits per heavy atom. The van der Waals surface area contributed by atoms with E-state index < -0.39 is 0 Å². The summed E-state index contributed by atoms with van der Waals surface area (Å²) in [6, 6.07) is 14.6. The molecule has 6 rings (SSSR count). The van der Waals surface area contributed by atoms with Crippen LogP contribution in [0.15, 0.2) is 73.3 Å². The molecule has 0 aliphatic heterocycles. The highest BCUT2D eigenvalue weighted by Crippen LogP contribution is 2.34. The molecule has 5 heterocycles. The van der Waals surface area contributed by atoms with E-state index in [9.17, 15) is 4.39 Å². The monoisotopic (exact) mass is 491 g/mol. The molecule has 8 heteroatoms. The van der Waals surface area contributed by atoms with Crippen LogP contribution in [-0.4, -0.2) is 55.7 Å². The van der Waals surface area contributed by atoms with Gasteiger partial charge in [-0.05, 0) is 87.6 Å². The third-order valence-corrected chi connectivity index (χ3v) is 6.53. The number of pyridine rings is 3. The summed E-state index contributed by atoms with van der Waals surface area (Å²) < 4.78 is 13.5. The summed E-state index contributed by atoms with van der Waals surface area (Å²) in [6.45, 7) is 1.04. The molecule has 184 valence electrons. The molecule has 0 bridgehead atoms. The van der Waals surface area contributed by atoms with Crippen LogP contribution < -0.4 is 0 Å². The second-order valence-corrected chi connectivity index (χ2v) is 9.49. The molecule has 37 heavy (non-hydrogen) atoms. The van der Waals surface area contributed by atoms with Crippen LogP contribution in [0.5, 0.6) is 0 Å². The van der Waals surface area contributed by atoms with Gasteiger partial charge >= 0.3 is 0 Å². The number of benzene rings is 1. The number of nitrogens with zero attached hydrogens (tertiary/aromatic N) is 5. The average Bonchev–Trinajstić information content (AvgIpc) is 3.53. The zero-order valence-electron chi connectivity index (χ0n) is 20.7. The van der Waals surface area contributed by atoms with Gasteiger partial charge in [0.2, 0.25) is 0 Å². The Kier molecular flexibility index (Phi) is 5.94. The van der Waals surface area contributed by atoms with Crippen molar-refractivity contribution < 1.29 is 4.39 Å². The Bertz CT molecular complexity index is 1700. The highest BCUT2D eigenvalue weighted by molar-refractivity contribution is 6.00. The van der Waals surface area contributed by atoms with Crippen LogP contribution in [0.1, 0.15) is 12.0 Å². The van der Waals surface area contributed by atoms with Crippen molar-refractivity contribution in [3.63, 3.8) is 0 Å². The van der Waals surface area contributed by atoms with Gasteiger partial charge in [0.25, 0.3) is 0 Å². The predicted molar refractivity (Wildman–Crippen MR) is 144 cm³/mol. The number of aromatic nitrogens is 6. The lowest BCUT2D eigenvalue weighted by Gasteiger charge is -2.09. The van der Waals surface area contributed by atoms with Gasteiger partial charge in [0.1, 0.15) is 11.5 Å². The molecule has 0 aliphatic carbocycles. The maximum Gasteiger partial charge on any atom is 0.123 e. The second-order valence-electron chi connectivity index (χ2n) is 9.49. The molecule has 0 amide bonds. The summed E-state index contributed by atoms with van der Waals surface area (Å²) in [5.41, 5.74) is 8.13. The Hall–Kier alpha value is -4.43. The molecule has 2 N–H and O–H groups in total. The van der Waals surface area contributed by atoms with Gasteiger partial charge in [0.15, 0.2) is 0 Å². The predicted octanol–water partition coefficient (Wildman–Crippen LogP) is 5.86. The van der Waals surface area contributed by atoms with Crippen molar-refractivity contribution in [1.29, 1.82) is 0 Å². The zero-order valence-corrected chi connectivity index (χ0v) is 20.7. The standard InChI is InChI=1S/C29H26FN7/c1-37(2)11-3-4-18-12-20(16-31-15-18)25-13-23-27(17-33-25)35-36-29(23)26-14-22-24(34-26)9-10-32-28(22)19-5-7-21(30)8-6-19/h5-10,12-17,34H,3-4,11H2,1-2H3,(H,35,36). The summed E-state index contributed by atoms with van der Waals surface area (Å²) >= 11 is 0. The normalized spacial score (nSPS) is 11.7. The quantitative estimate of drug-likeness (QED) is 0.292. The fraction of sp³-hybridized carbons (Fsp3) is 0.172. The van der Waals surface area contributed by atoms with Gasteiger partial charge in [-0.15, -0.1) is 0 Å². The molecule has 0 fully saturated rings. The lowest BCUT2D eigenvalue weighted by atomic mass is 10.1. The van der Waals surface area contributed by atoms with Crippen molar-refractivity contribution in [2.75, 3.05) is 20.6 Å². The maximum absolute atomic E-state index is 13.5. The highest BCUT2D eigenvalue weighted by atomic mass is 19.1. The molecule has 0 aliphatic rings. The van der Waals surface area contributed by atoms with Gasteiger partial charge in [0.05, 0.1) is 28.8 Å². The molecule has 6 aromatic rings. The van der Waals surface area contributed by atoms with Crippen LogP contribution in [0.3, 0.4) is 0 Å². The van der Waals surface area contributed by atoms with E-state index in [2.05, 4.69) is 61.3 Å². The third kappa shape index (κ3) is 4.59. The first kappa shape index (κ1) is 23.0. The molecule has 0 saturated carbocycles. The minimum atomic E-state index is -0.271. The van der Waals surface area contributed by atoms with Gasteiger partial charge in [-0.3, -0.25) is 20.1 Å². The molecular weight excluding hydrogens is 465 g/mol. The molecule has 0 radical (unpaired) electrons. The van der Waals surface area contributed by atoms with Crippen LogP contribution in [0, 0.1) is 5.82 Å². The number of rotatable bonds is 7. The third-order valence-electron chi connectivity index (χ3n) is 6.53. The van der Waals surface area contributed by atoms with E-state index in [0.717, 1.165) is 75.1 Å². The largest absolute Gasteiger partial charge is 0.353 e. The summed E-state index contributed by atoms with van der Waals surface area (Å²) in [4.78, 5) is 19.4. The summed E-state index contributed by atoms with van der Waals surface area (Å²) in [5, 5.41) is 9.61. The Balaban J connectivity index is 1.37. The van der Waals surface area contributed by atoms with Gasteiger partial charge in [-0.1, -0.05) is 0 Å². The van der Waals surface area contributed by atoms with Crippen molar-refractivity contribution in [1.82, 2.24) is 35.0 Å². The van der Waals surface area contributed by atoms with Crippen LogP contribution in [0.25, 0.3) is 55.7 Å². The number of aromatic amines is 2. The van der Waals surface area contributed by atoms with Crippen molar-refractivity contribution in [3.8, 4) is 33.9 Å². The number of nitrogens with one attached hydrogen (secondary N) is 2. The van der Waals surface area contributed by atoms with Crippen LogP contribution in [0.2, 0.25) is 0 Å². The Morgan fingerprint density at radius 1 is 0.838 bits per heavy atom. The minimum absolute atomic E-state index is 0.271. The van der Waals surface area contributed by atoms with E-state index in [-0.39, 0.29) is 5.82 Å². The molecule has 0 unspecified atom stereocenters. The molecule has 0 atom stereocenters. The number of hydrogen-bond donors (Lipinski definition) is 2. The average molecular weight is 492 g/mol. The number of H-pyrrole nitrogens is 2. The van der Waals surface area contributed by atoms with E-state index in [1.807, 2.05) is 30.7 Å². The SMILES string of the molecule is CN(C)CCCc1cncc(-c2cc3c(-c4cc5c(-c6ccc(F)cc6)nccc5[nH]4)n[nH]c3cn2)c1. The Labute approximate surface area is 213 Å².